The van der Waals surface area contributed by atoms with Gasteiger partial charge >= 0.3 is 0 Å². The number of nitrogens with zero attached hydrogens (tertiary/aromatic N) is 2. The van der Waals surface area contributed by atoms with Crippen LogP contribution in [0.25, 0.3) is 0 Å². The molecule has 1 amide bonds. The molecule has 1 aliphatic carbocycles. The molecule has 27 heavy (non-hydrogen) atoms. The number of aliphatic imine (C=N–C) groups is 1. The van der Waals surface area contributed by atoms with Gasteiger partial charge in [0.1, 0.15) is 0 Å². The zero-order chi connectivity index (χ0) is 19.4. The van der Waals surface area contributed by atoms with Crippen LogP contribution in [0.5, 0.6) is 0 Å². The number of carbonyl (C=O) groups is 1. The zero-order valence-electron chi connectivity index (χ0n) is 16.6. The molecule has 5 nitrogen and oxygen atoms in total. The molecule has 1 aliphatic heterocycles. The third-order valence-electron chi connectivity index (χ3n) is 5.51. The van der Waals surface area contributed by atoms with Gasteiger partial charge in [0.05, 0.1) is 6.54 Å². The van der Waals surface area contributed by atoms with Gasteiger partial charge in [-0.05, 0) is 43.9 Å². The number of hydrogen-bond acceptors (Lipinski definition) is 2. The summed E-state index contributed by atoms with van der Waals surface area (Å²) in [5.74, 6) is 1.13. The molecular formula is C21H31ClN4O. The molecule has 0 radical (unpaired) electrons. The van der Waals surface area contributed by atoms with Gasteiger partial charge in [0.2, 0.25) is 5.91 Å². The van der Waals surface area contributed by atoms with Gasteiger partial charge in [0, 0.05) is 42.0 Å². The smallest absolute Gasteiger partial charge is 0.225 e. The number of nitrogens with one attached hydrogen (secondary N) is 2. The van der Waals surface area contributed by atoms with E-state index in [0.29, 0.717) is 0 Å². The van der Waals surface area contributed by atoms with Crippen LogP contribution in [0.2, 0.25) is 5.02 Å². The third-order valence-corrected chi connectivity index (χ3v) is 5.74. The van der Waals surface area contributed by atoms with E-state index in [1.165, 1.54) is 5.56 Å². The van der Waals surface area contributed by atoms with E-state index in [4.69, 9.17) is 16.6 Å². The summed E-state index contributed by atoms with van der Waals surface area (Å²) in [6, 6.07) is 8.41. The van der Waals surface area contributed by atoms with Gasteiger partial charge in [-0.2, -0.15) is 0 Å². The van der Waals surface area contributed by atoms with Crippen molar-refractivity contribution in [2.24, 2.45) is 10.9 Å². The van der Waals surface area contributed by atoms with E-state index >= 15 is 0 Å². The summed E-state index contributed by atoms with van der Waals surface area (Å²) in [4.78, 5) is 19.0. The summed E-state index contributed by atoms with van der Waals surface area (Å²) < 4.78 is 0. The zero-order valence-corrected chi connectivity index (χ0v) is 17.4. The molecule has 1 saturated heterocycles. The van der Waals surface area contributed by atoms with Crippen LogP contribution in [0.4, 0.5) is 0 Å². The fourth-order valence-corrected chi connectivity index (χ4v) is 3.88. The number of rotatable bonds is 6. The quantitative estimate of drug-likeness (QED) is 0.579. The predicted octanol–water partition coefficient (Wildman–Crippen LogP) is 3.18. The van der Waals surface area contributed by atoms with Gasteiger partial charge in [-0.3, -0.25) is 9.79 Å². The first-order valence-corrected chi connectivity index (χ1v) is 10.4. The molecule has 6 heteroatoms. The lowest BCUT2D eigenvalue weighted by molar-refractivity contribution is -0.133. The van der Waals surface area contributed by atoms with Crippen LogP contribution < -0.4 is 10.6 Å². The van der Waals surface area contributed by atoms with Crippen LogP contribution in [-0.2, 0) is 10.2 Å². The first-order chi connectivity index (χ1) is 12.9. The monoisotopic (exact) mass is 390 g/mol. The molecule has 2 N–H and O–H groups in total. The summed E-state index contributed by atoms with van der Waals surface area (Å²) in [6.45, 7) is 9.13. The largest absolute Gasteiger partial charge is 0.357 e. The van der Waals surface area contributed by atoms with Crippen molar-refractivity contribution in [2.75, 3.05) is 26.2 Å². The van der Waals surface area contributed by atoms with Crippen LogP contribution in [0.1, 0.15) is 45.6 Å². The maximum absolute atomic E-state index is 12.2. The van der Waals surface area contributed by atoms with Gasteiger partial charge < -0.3 is 15.5 Å². The number of benzene rings is 1. The minimum absolute atomic E-state index is 0.0538. The molecular weight excluding hydrogens is 360 g/mol. The van der Waals surface area contributed by atoms with E-state index < -0.39 is 0 Å². The second-order valence-electron chi connectivity index (χ2n) is 8.05. The number of halogens is 1. The number of guanidine groups is 1. The third kappa shape index (κ3) is 4.95. The summed E-state index contributed by atoms with van der Waals surface area (Å²) in [5, 5.41) is 7.66. The van der Waals surface area contributed by atoms with Crippen LogP contribution in [-0.4, -0.2) is 49.0 Å². The van der Waals surface area contributed by atoms with E-state index in [1.807, 2.05) is 30.9 Å². The summed E-state index contributed by atoms with van der Waals surface area (Å²) in [7, 11) is 0. The van der Waals surface area contributed by atoms with Gasteiger partial charge in [-0.1, -0.05) is 37.6 Å². The highest BCUT2D eigenvalue weighted by atomic mass is 35.5. The SMILES string of the molecule is CCNC(=NCC1(c2cccc(Cl)c2)CC1)NC1CCN(C(=O)C(C)C)C1. The van der Waals surface area contributed by atoms with Crippen molar-refractivity contribution >= 4 is 23.5 Å². The van der Waals surface area contributed by atoms with E-state index in [0.717, 1.165) is 56.4 Å². The first-order valence-electron chi connectivity index (χ1n) is 10.0. The van der Waals surface area contributed by atoms with Crippen molar-refractivity contribution in [3.05, 3.63) is 34.9 Å². The maximum atomic E-state index is 12.2. The molecule has 1 saturated carbocycles. The number of amides is 1. The van der Waals surface area contributed by atoms with Crippen molar-refractivity contribution < 1.29 is 4.79 Å². The van der Waals surface area contributed by atoms with Gasteiger partial charge in [0.15, 0.2) is 5.96 Å². The molecule has 1 heterocycles. The van der Waals surface area contributed by atoms with Crippen molar-refractivity contribution in [3.8, 4) is 0 Å². The molecule has 1 unspecified atom stereocenters. The molecule has 0 aromatic heterocycles. The molecule has 2 aliphatic rings. The number of carbonyl (C=O) groups excluding carboxylic acids is 1. The van der Waals surface area contributed by atoms with Crippen LogP contribution in [0, 0.1) is 5.92 Å². The Morgan fingerprint density at radius 2 is 2.19 bits per heavy atom. The topological polar surface area (TPSA) is 56.7 Å². The molecule has 3 rings (SSSR count). The Morgan fingerprint density at radius 1 is 1.41 bits per heavy atom. The van der Waals surface area contributed by atoms with E-state index in [2.05, 4.69) is 29.7 Å². The van der Waals surface area contributed by atoms with Crippen molar-refractivity contribution in [2.45, 2.75) is 51.5 Å². The molecule has 1 atom stereocenters. The highest BCUT2D eigenvalue weighted by Crippen LogP contribution is 2.48. The highest BCUT2D eigenvalue weighted by Gasteiger charge is 2.44. The highest BCUT2D eigenvalue weighted by molar-refractivity contribution is 6.30. The first kappa shape index (κ1) is 20.0. The average molecular weight is 391 g/mol. The lowest BCUT2D eigenvalue weighted by Gasteiger charge is -2.21. The summed E-state index contributed by atoms with van der Waals surface area (Å²) in [5.41, 5.74) is 1.41. The van der Waals surface area contributed by atoms with E-state index in [9.17, 15) is 4.79 Å². The standard InChI is InChI=1S/C21H31ClN4O/c1-4-23-20(25-18-8-11-26(13-18)19(27)15(2)3)24-14-21(9-10-21)16-6-5-7-17(22)12-16/h5-7,12,15,18H,4,8-11,13-14H2,1-3H3,(H2,23,24,25). The molecule has 0 spiro atoms. The van der Waals surface area contributed by atoms with Gasteiger partial charge in [-0.25, -0.2) is 0 Å². The molecule has 2 fully saturated rings. The minimum Gasteiger partial charge on any atom is -0.357 e. The molecule has 0 bridgehead atoms. The average Bonchev–Trinajstić information content (AvgIpc) is 3.30. The van der Waals surface area contributed by atoms with Crippen molar-refractivity contribution in [1.29, 1.82) is 0 Å². The second kappa shape index (κ2) is 8.51. The predicted molar refractivity (Wildman–Crippen MR) is 111 cm³/mol. The molecule has 1 aromatic carbocycles. The second-order valence-corrected chi connectivity index (χ2v) is 8.49. The summed E-state index contributed by atoms with van der Waals surface area (Å²) in [6.07, 6.45) is 3.26. The van der Waals surface area contributed by atoms with E-state index in [1.54, 1.807) is 0 Å². The Balaban J connectivity index is 1.61. The van der Waals surface area contributed by atoms with Crippen molar-refractivity contribution in [1.82, 2.24) is 15.5 Å². The Bertz CT molecular complexity index is 699. The number of hydrogen-bond donors (Lipinski definition) is 2. The fourth-order valence-electron chi connectivity index (χ4n) is 3.69. The lowest BCUT2D eigenvalue weighted by Crippen LogP contribution is -2.45. The van der Waals surface area contributed by atoms with Gasteiger partial charge in [0.25, 0.3) is 0 Å². The molecule has 148 valence electrons. The van der Waals surface area contributed by atoms with E-state index in [-0.39, 0.29) is 23.3 Å². The number of likely N-dealkylation sites (tertiary alicyclic amines) is 1. The van der Waals surface area contributed by atoms with Crippen molar-refractivity contribution in [3.63, 3.8) is 0 Å². The Labute approximate surface area is 167 Å². The Kier molecular flexibility index (Phi) is 6.30. The van der Waals surface area contributed by atoms with Crippen LogP contribution in [0.15, 0.2) is 29.3 Å². The van der Waals surface area contributed by atoms with Crippen LogP contribution in [0.3, 0.4) is 0 Å². The Hall–Kier alpha value is -1.75. The maximum Gasteiger partial charge on any atom is 0.225 e. The Morgan fingerprint density at radius 3 is 2.81 bits per heavy atom. The lowest BCUT2D eigenvalue weighted by atomic mass is 9.96. The van der Waals surface area contributed by atoms with Crippen LogP contribution >= 0.6 is 11.6 Å². The molecule has 1 aromatic rings. The minimum atomic E-state index is 0.0538. The van der Waals surface area contributed by atoms with Gasteiger partial charge in [-0.15, -0.1) is 0 Å². The normalized spacial score (nSPS) is 21.4. The fraction of sp³-hybridized carbons (Fsp3) is 0.619. The summed E-state index contributed by atoms with van der Waals surface area (Å²) >= 11 is 6.17.